The molecule has 1 aromatic carbocycles. The number of hydrogen-bond donors (Lipinski definition) is 1. The molecule has 1 unspecified atom stereocenters. The molecule has 1 aromatic heterocycles. The Morgan fingerprint density at radius 3 is 2.74 bits per heavy atom. The molecule has 2 aromatic rings. The average molecular weight is 377 g/mol. The van der Waals surface area contributed by atoms with E-state index in [1.807, 2.05) is 23.1 Å². The third-order valence-electron chi connectivity index (χ3n) is 4.03. The molecule has 7 heteroatoms. The normalized spacial score (nSPS) is 17.3. The van der Waals surface area contributed by atoms with Crippen LogP contribution in [-0.4, -0.2) is 34.9 Å². The third-order valence-corrected chi connectivity index (χ3v) is 4.27. The zero-order valence-corrected chi connectivity index (χ0v) is 15.0. The minimum absolute atomic E-state index is 0. The fourth-order valence-corrected chi connectivity index (χ4v) is 3.04. The first-order chi connectivity index (χ1) is 10.2. The molecule has 1 aliphatic rings. The quantitative estimate of drug-likeness (QED) is 0.869. The topological polar surface area (TPSA) is 59.2 Å². The molecule has 2 heterocycles. The first kappa shape index (κ1) is 20.0. The number of nitrogens with two attached hydrogens (primary N) is 1. The number of piperidine rings is 1. The van der Waals surface area contributed by atoms with Crippen molar-refractivity contribution >= 4 is 53.2 Å². The molecule has 1 amide bonds. The number of rotatable bonds is 2. The van der Waals surface area contributed by atoms with E-state index in [2.05, 4.69) is 4.98 Å². The molecule has 1 atom stereocenters. The highest BCUT2D eigenvalue weighted by atomic mass is 35.5. The summed E-state index contributed by atoms with van der Waals surface area (Å²) in [6.45, 7) is 1.26. The SMILES string of the molecule is Cl.Cl.NCC1CCCCN1C(=O)c1ccc2ccc(Cl)cc2n1. The van der Waals surface area contributed by atoms with Crippen LogP contribution in [0.1, 0.15) is 29.8 Å². The molecule has 0 radical (unpaired) electrons. The van der Waals surface area contributed by atoms with Gasteiger partial charge < -0.3 is 10.6 Å². The van der Waals surface area contributed by atoms with Crippen molar-refractivity contribution < 1.29 is 4.79 Å². The van der Waals surface area contributed by atoms with Crippen LogP contribution in [0.4, 0.5) is 0 Å². The van der Waals surface area contributed by atoms with Crippen LogP contribution in [0.5, 0.6) is 0 Å². The summed E-state index contributed by atoms with van der Waals surface area (Å²) in [6.07, 6.45) is 3.13. The fourth-order valence-electron chi connectivity index (χ4n) is 2.87. The van der Waals surface area contributed by atoms with E-state index in [4.69, 9.17) is 17.3 Å². The lowest BCUT2D eigenvalue weighted by atomic mass is 10.0. The monoisotopic (exact) mass is 375 g/mol. The molecule has 1 aliphatic heterocycles. The van der Waals surface area contributed by atoms with Crippen LogP contribution < -0.4 is 5.73 Å². The van der Waals surface area contributed by atoms with E-state index in [9.17, 15) is 4.79 Å². The minimum Gasteiger partial charge on any atom is -0.333 e. The van der Waals surface area contributed by atoms with E-state index in [-0.39, 0.29) is 36.8 Å². The standard InChI is InChI=1S/C16H18ClN3O.2ClH/c17-12-6-4-11-5-7-14(19-15(11)9-12)16(21)20-8-2-1-3-13(20)10-18;;/h4-7,9,13H,1-3,8,10,18H2;2*1H. The van der Waals surface area contributed by atoms with Gasteiger partial charge in [-0.2, -0.15) is 0 Å². The van der Waals surface area contributed by atoms with Crippen molar-refractivity contribution in [2.75, 3.05) is 13.1 Å². The summed E-state index contributed by atoms with van der Waals surface area (Å²) < 4.78 is 0. The second kappa shape index (κ2) is 8.69. The molecule has 126 valence electrons. The predicted octanol–water partition coefficient (Wildman–Crippen LogP) is 3.69. The lowest BCUT2D eigenvalue weighted by Crippen LogP contribution is -2.47. The fraction of sp³-hybridized carbons (Fsp3) is 0.375. The van der Waals surface area contributed by atoms with Gasteiger partial charge >= 0.3 is 0 Å². The van der Waals surface area contributed by atoms with E-state index in [1.54, 1.807) is 12.1 Å². The van der Waals surface area contributed by atoms with Crippen LogP contribution in [0.15, 0.2) is 30.3 Å². The van der Waals surface area contributed by atoms with Gasteiger partial charge in [0, 0.05) is 29.5 Å². The molecule has 0 aliphatic carbocycles. The molecule has 1 fully saturated rings. The number of hydrogen-bond acceptors (Lipinski definition) is 3. The molecular weight excluding hydrogens is 357 g/mol. The van der Waals surface area contributed by atoms with E-state index < -0.39 is 0 Å². The molecule has 0 spiro atoms. The minimum atomic E-state index is -0.0352. The summed E-state index contributed by atoms with van der Waals surface area (Å²) in [5.41, 5.74) is 7.00. The highest BCUT2D eigenvalue weighted by Crippen LogP contribution is 2.21. The van der Waals surface area contributed by atoms with E-state index in [0.717, 1.165) is 36.7 Å². The zero-order chi connectivity index (χ0) is 14.8. The lowest BCUT2D eigenvalue weighted by Gasteiger charge is -2.34. The first-order valence-electron chi connectivity index (χ1n) is 7.26. The van der Waals surface area contributed by atoms with Crippen molar-refractivity contribution in [2.24, 2.45) is 5.73 Å². The van der Waals surface area contributed by atoms with E-state index in [0.29, 0.717) is 17.3 Å². The molecule has 0 bridgehead atoms. The van der Waals surface area contributed by atoms with Crippen LogP contribution in [0, 0.1) is 0 Å². The Kier molecular flexibility index (Phi) is 7.55. The summed E-state index contributed by atoms with van der Waals surface area (Å²) in [5.74, 6) is -0.0352. The van der Waals surface area contributed by atoms with Gasteiger partial charge in [0.2, 0.25) is 0 Å². The van der Waals surface area contributed by atoms with Gasteiger partial charge in [-0.3, -0.25) is 4.79 Å². The third kappa shape index (κ3) is 4.27. The number of aromatic nitrogens is 1. The van der Waals surface area contributed by atoms with Gasteiger partial charge in [-0.1, -0.05) is 23.7 Å². The highest BCUT2D eigenvalue weighted by Gasteiger charge is 2.27. The van der Waals surface area contributed by atoms with Gasteiger partial charge in [-0.25, -0.2) is 4.98 Å². The summed E-state index contributed by atoms with van der Waals surface area (Å²) in [7, 11) is 0. The van der Waals surface area contributed by atoms with Crippen molar-refractivity contribution in [3.05, 3.63) is 41.0 Å². The van der Waals surface area contributed by atoms with Gasteiger partial charge in [0.05, 0.1) is 5.52 Å². The van der Waals surface area contributed by atoms with Gasteiger partial charge in [0.15, 0.2) is 0 Å². The number of benzene rings is 1. The maximum absolute atomic E-state index is 12.7. The highest BCUT2D eigenvalue weighted by molar-refractivity contribution is 6.31. The number of halogens is 3. The first-order valence-corrected chi connectivity index (χ1v) is 7.64. The second-order valence-electron chi connectivity index (χ2n) is 5.42. The molecule has 4 nitrogen and oxygen atoms in total. The maximum atomic E-state index is 12.7. The number of carbonyl (C=O) groups is 1. The number of fused-ring (bicyclic) bond motifs is 1. The second-order valence-corrected chi connectivity index (χ2v) is 5.85. The molecule has 23 heavy (non-hydrogen) atoms. The number of pyridine rings is 1. The smallest absolute Gasteiger partial charge is 0.272 e. The number of amides is 1. The number of nitrogens with zero attached hydrogens (tertiary/aromatic N) is 2. The van der Waals surface area contributed by atoms with Crippen LogP contribution in [0.2, 0.25) is 5.02 Å². The van der Waals surface area contributed by atoms with Crippen molar-refractivity contribution in [3.8, 4) is 0 Å². The van der Waals surface area contributed by atoms with Gasteiger partial charge in [0.25, 0.3) is 5.91 Å². The maximum Gasteiger partial charge on any atom is 0.272 e. The molecule has 1 saturated heterocycles. The Morgan fingerprint density at radius 1 is 1.26 bits per heavy atom. The van der Waals surface area contributed by atoms with Crippen LogP contribution >= 0.6 is 36.4 Å². The van der Waals surface area contributed by atoms with Crippen molar-refractivity contribution in [3.63, 3.8) is 0 Å². The molecule has 3 rings (SSSR count). The van der Waals surface area contributed by atoms with Crippen LogP contribution in [0.3, 0.4) is 0 Å². The average Bonchev–Trinajstić information content (AvgIpc) is 2.53. The summed E-state index contributed by atoms with van der Waals surface area (Å²) in [4.78, 5) is 19.0. The van der Waals surface area contributed by atoms with Crippen LogP contribution in [-0.2, 0) is 0 Å². The van der Waals surface area contributed by atoms with Crippen molar-refractivity contribution in [2.45, 2.75) is 25.3 Å². The van der Waals surface area contributed by atoms with Gasteiger partial charge in [0.1, 0.15) is 5.69 Å². The zero-order valence-electron chi connectivity index (χ0n) is 12.6. The molecule has 2 N–H and O–H groups in total. The van der Waals surface area contributed by atoms with Gasteiger partial charge in [-0.15, -0.1) is 24.8 Å². The summed E-state index contributed by atoms with van der Waals surface area (Å²) in [5, 5.41) is 1.60. The van der Waals surface area contributed by atoms with Crippen molar-refractivity contribution in [1.82, 2.24) is 9.88 Å². The summed E-state index contributed by atoms with van der Waals surface area (Å²) >= 11 is 5.99. The largest absolute Gasteiger partial charge is 0.333 e. The van der Waals surface area contributed by atoms with E-state index >= 15 is 0 Å². The Morgan fingerprint density at radius 2 is 2.00 bits per heavy atom. The predicted molar refractivity (Wildman–Crippen MR) is 99.0 cm³/mol. The Labute approximate surface area is 153 Å². The van der Waals surface area contributed by atoms with Crippen LogP contribution in [0.25, 0.3) is 10.9 Å². The Bertz CT molecular complexity index is 681. The van der Waals surface area contributed by atoms with Gasteiger partial charge in [-0.05, 0) is 37.5 Å². The number of carbonyl (C=O) groups excluding carboxylic acids is 1. The molecule has 0 saturated carbocycles. The lowest BCUT2D eigenvalue weighted by molar-refractivity contribution is 0.0617. The number of likely N-dealkylation sites (tertiary alicyclic amines) is 1. The molecular formula is C16H20Cl3N3O. The van der Waals surface area contributed by atoms with E-state index in [1.165, 1.54) is 0 Å². The van der Waals surface area contributed by atoms with Crippen molar-refractivity contribution in [1.29, 1.82) is 0 Å². The summed E-state index contributed by atoms with van der Waals surface area (Å²) in [6, 6.07) is 9.33. The Hall–Kier alpha value is -1.07. The Balaban J connectivity index is 0.00000132.